The quantitative estimate of drug-likeness (QED) is 0.607. The van der Waals surface area contributed by atoms with E-state index in [1.807, 2.05) is 54.8 Å². The molecule has 0 saturated heterocycles. The number of para-hydroxylation sites is 1. The van der Waals surface area contributed by atoms with Crippen LogP contribution in [0.2, 0.25) is 0 Å². The number of rotatable bonds is 7. The van der Waals surface area contributed by atoms with Gasteiger partial charge in [0.1, 0.15) is 11.2 Å². The third-order valence-electron chi connectivity index (χ3n) is 4.17. The van der Waals surface area contributed by atoms with Crippen LogP contribution < -0.4 is 15.5 Å². The number of aryl methyl sites for hydroxylation is 1. The molecule has 0 saturated carbocycles. The molecule has 3 aromatic rings. The van der Waals surface area contributed by atoms with Gasteiger partial charge in [-0.15, -0.1) is 0 Å². The molecule has 28 heavy (non-hydrogen) atoms. The summed E-state index contributed by atoms with van der Waals surface area (Å²) in [6.07, 6.45) is 5.13. The van der Waals surface area contributed by atoms with Crippen molar-refractivity contribution in [2.75, 3.05) is 11.9 Å². The lowest BCUT2D eigenvalue weighted by atomic mass is 10.2. The Morgan fingerprint density at radius 1 is 1.25 bits per heavy atom. The van der Waals surface area contributed by atoms with Gasteiger partial charge in [-0.25, -0.2) is 4.98 Å². The van der Waals surface area contributed by atoms with Crippen molar-refractivity contribution in [1.29, 1.82) is 0 Å². The Kier molecular flexibility index (Phi) is 5.75. The SMILES string of the molecule is C=C/C=C(\C=C)Nc1cc(=O)c2c(OCC)nc(C)cc2n1-c1ccccc1. The first-order valence-electron chi connectivity index (χ1n) is 9.06. The van der Waals surface area contributed by atoms with Crippen LogP contribution in [0.25, 0.3) is 16.6 Å². The van der Waals surface area contributed by atoms with E-state index in [1.54, 1.807) is 24.3 Å². The molecule has 5 nitrogen and oxygen atoms in total. The Bertz CT molecular complexity index is 1110. The first-order valence-corrected chi connectivity index (χ1v) is 9.06. The minimum Gasteiger partial charge on any atom is -0.477 e. The zero-order valence-electron chi connectivity index (χ0n) is 16.1. The average molecular weight is 373 g/mol. The van der Waals surface area contributed by atoms with Crippen LogP contribution in [0.5, 0.6) is 5.88 Å². The minimum absolute atomic E-state index is 0.164. The Balaban J connectivity index is 2.40. The lowest BCUT2D eigenvalue weighted by Gasteiger charge is -2.20. The molecule has 0 aliphatic heterocycles. The Morgan fingerprint density at radius 3 is 2.64 bits per heavy atom. The zero-order chi connectivity index (χ0) is 20.1. The number of aromatic nitrogens is 2. The third-order valence-corrected chi connectivity index (χ3v) is 4.17. The molecule has 0 spiro atoms. The monoisotopic (exact) mass is 373 g/mol. The normalized spacial score (nSPS) is 11.3. The van der Waals surface area contributed by atoms with Gasteiger partial charge in [-0.1, -0.05) is 37.4 Å². The van der Waals surface area contributed by atoms with E-state index in [1.165, 1.54) is 0 Å². The maximum Gasteiger partial charge on any atom is 0.227 e. The van der Waals surface area contributed by atoms with Crippen LogP contribution in [0.3, 0.4) is 0 Å². The van der Waals surface area contributed by atoms with Crippen LogP contribution in [0.4, 0.5) is 5.82 Å². The number of nitrogens with one attached hydrogen (secondary N) is 1. The average Bonchev–Trinajstić information content (AvgIpc) is 2.68. The summed E-state index contributed by atoms with van der Waals surface area (Å²) >= 11 is 0. The van der Waals surface area contributed by atoms with Crippen molar-refractivity contribution in [3.8, 4) is 11.6 Å². The van der Waals surface area contributed by atoms with E-state index < -0.39 is 0 Å². The molecular formula is C23H23N3O2. The van der Waals surface area contributed by atoms with Gasteiger partial charge in [0.05, 0.1) is 12.1 Å². The highest BCUT2D eigenvalue weighted by Crippen LogP contribution is 2.28. The van der Waals surface area contributed by atoms with E-state index in [0.717, 1.165) is 22.6 Å². The predicted molar refractivity (Wildman–Crippen MR) is 115 cm³/mol. The van der Waals surface area contributed by atoms with Gasteiger partial charge in [-0.2, -0.15) is 0 Å². The van der Waals surface area contributed by atoms with Crippen LogP contribution in [0.1, 0.15) is 12.6 Å². The summed E-state index contributed by atoms with van der Waals surface area (Å²) in [5, 5.41) is 3.73. The molecule has 3 rings (SSSR count). The van der Waals surface area contributed by atoms with E-state index in [0.29, 0.717) is 23.7 Å². The standard InChI is InChI=1S/C23H23N3O2/c1-5-11-17(6-2)25-21-15-20(27)22-19(14-16(4)24-23(22)28-7-3)26(21)18-12-9-8-10-13-18/h5-6,8-15,25H,1-2,7H2,3-4H3/b17-11+. The van der Waals surface area contributed by atoms with Gasteiger partial charge in [0.25, 0.3) is 0 Å². The molecule has 0 radical (unpaired) electrons. The molecule has 0 bridgehead atoms. The smallest absolute Gasteiger partial charge is 0.227 e. The van der Waals surface area contributed by atoms with Crippen molar-refractivity contribution in [3.63, 3.8) is 0 Å². The van der Waals surface area contributed by atoms with E-state index in [9.17, 15) is 4.79 Å². The van der Waals surface area contributed by atoms with E-state index in [2.05, 4.69) is 23.5 Å². The molecule has 142 valence electrons. The fraction of sp³-hybridized carbons (Fsp3) is 0.130. The van der Waals surface area contributed by atoms with Gasteiger partial charge < -0.3 is 10.1 Å². The summed E-state index contributed by atoms with van der Waals surface area (Å²) < 4.78 is 7.65. The molecule has 2 aromatic heterocycles. The fourth-order valence-corrected chi connectivity index (χ4v) is 3.05. The Hall–Kier alpha value is -3.60. The van der Waals surface area contributed by atoms with Crippen molar-refractivity contribution in [2.24, 2.45) is 0 Å². The minimum atomic E-state index is -0.164. The maximum absolute atomic E-state index is 13.0. The second-order valence-electron chi connectivity index (χ2n) is 6.15. The molecule has 5 heteroatoms. The largest absolute Gasteiger partial charge is 0.477 e. The number of benzene rings is 1. The number of anilines is 1. The summed E-state index contributed by atoms with van der Waals surface area (Å²) in [7, 11) is 0. The summed E-state index contributed by atoms with van der Waals surface area (Å²) in [4.78, 5) is 17.4. The summed E-state index contributed by atoms with van der Waals surface area (Å²) in [5.74, 6) is 0.967. The Morgan fingerprint density at radius 2 is 2.00 bits per heavy atom. The van der Waals surface area contributed by atoms with Crippen molar-refractivity contribution in [2.45, 2.75) is 13.8 Å². The van der Waals surface area contributed by atoms with Crippen molar-refractivity contribution < 1.29 is 4.74 Å². The second-order valence-corrected chi connectivity index (χ2v) is 6.15. The van der Waals surface area contributed by atoms with Gasteiger partial charge in [0.15, 0.2) is 5.43 Å². The summed E-state index contributed by atoms with van der Waals surface area (Å²) in [6, 6.07) is 13.3. The lowest BCUT2D eigenvalue weighted by Crippen LogP contribution is -2.15. The van der Waals surface area contributed by atoms with Crippen LogP contribution in [0, 0.1) is 6.92 Å². The molecule has 0 aliphatic rings. The summed E-state index contributed by atoms with van der Waals surface area (Å²) in [6.45, 7) is 11.7. The van der Waals surface area contributed by atoms with Crippen molar-refractivity contribution in [3.05, 3.63) is 95.5 Å². The number of hydrogen-bond acceptors (Lipinski definition) is 4. The molecule has 0 fully saturated rings. The van der Waals surface area contributed by atoms with E-state index in [-0.39, 0.29) is 5.43 Å². The number of ether oxygens (including phenoxy) is 1. The summed E-state index contributed by atoms with van der Waals surface area (Å²) in [5.41, 5.74) is 2.96. The molecule has 1 aromatic carbocycles. The highest BCUT2D eigenvalue weighted by atomic mass is 16.5. The number of hydrogen-bond donors (Lipinski definition) is 1. The third kappa shape index (κ3) is 3.74. The van der Waals surface area contributed by atoms with Crippen LogP contribution in [0.15, 0.2) is 84.3 Å². The van der Waals surface area contributed by atoms with Gasteiger partial charge in [-0.3, -0.25) is 9.36 Å². The highest BCUT2D eigenvalue weighted by Gasteiger charge is 2.17. The number of fused-ring (bicyclic) bond motifs is 1. The molecule has 0 amide bonds. The first kappa shape index (κ1) is 19.2. The topological polar surface area (TPSA) is 56.1 Å². The second kappa shape index (κ2) is 8.39. The Labute approximate surface area is 164 Å². The molecular weight excluding hydrogens is 350 g/mol. The van der Waals surface area contributed by atoms with Crippen molar-refractivity contribution in [1.82, 2.24) is 9.55 Å². The van der Waals surface area contributed by atoms with Crippen LogP contribution >= 0.6 is 0 Å². The number of nitrogens with zero attached hydrogens (tertiary/aromatic N) is 2. The van der Waals surface area contributed by atoms with E-state index in [4.69, 9.17) is 4.74 Å². The van der Waals surface area contributed by atoms with Crippen molar-refractivity contribution >= 4 is 16.7 Å². The maximum atomic E-state index is 13.0. The molecule has 0 aliphatic carbocycles. The highest BCUT2D eigenvalue weighted by molar-refractivity contribution is 5.88. The van der Waals surface area contributed by atoms with Crippen LogP contribution in [-0.4, -0.2) is 16.2 Å². The lowest BCUT2D eigenvalue weighted by molar-refractivity contribution is 0.330. The first-order chi connectivity index (χ1) is 13.6. The molecule has 0 atom stereocenters. The van der Waals surface area contributed by atoms with Gasteiger partial charge >= 0.3 is 0 Å². The molecule has 2 heterocycles. The molecule has 0 unspecified atom stereocenters. The van der Waals surface area contributed by atoms with E-state index >= 15 is 0 Å². The number of allylic oxidation sites excluding steroid dienone is 3. The zero-order valence-corrected chi connectivity index (χ0v) is 16.1. The van der Waals surface area contributed by atoms with Crippen LogP contribution in [-0.2, 0) is 0 Å². The van der Waals surface area contributed by atoms with Gasteiger partial charge in [0.2, 0.25) is 5.88 Å². The van der Waals surface area contributed by atoms with Gasteiger partial charge in [-0.05, 0) is 44.2 Å². The van der Waals surface area contributed by atoms with Gasteiger partial charge in [0, 0.05) is 23.1 Å². The molecule has 1 N–H and O–H groups in total. The number of pyridine rings is 2. The fourth-order valence-electron chi connectivity index (χ4n) is 3.05. The predicted octanol–water partition coefficient (Wildman–Crippen LogP) is 4.76.